The summed E-state index contributed by atoms with van der Waals surface area (Å²) in [5.41, 5.74) is 9.34. The molecule has 0 saturated carbocycles. The lowest BCUT2D eigenvalue weighted by Gasteiger charge is -2.09. The number of nitrogens with zero attached hydrogens (tertiary/aromatic N) is 2. The Bertz CT molecular complexity index is 975. The Morgan fingerprint density at radius 3 is 2.28 bits per heavy atom. The number of benzene rings is 2. The lowest BCUT2D eigenvalue weighted by Crippen LogP contribution is -2.40. The second kappa shape index (κ2) is 13.2. The van der Waals surface area contributed by atoms with E-state index in [0.29, 0.717) is 18.0 Å². The van der Waals surface area contributed by atoms with Gasteiger partial charge in [0, 0.05) is 18.0 Å². The highest BCUT2D eigenvalue weighted by Gasteiger charge is 2.08. The van der Waals surface area contributed by atoms with Crippen LogP contribution in [0.3, 0.4) is 0 Å². The monoisotopic (exact) mass is 438 g/mol. The summed E-state index contributed by atoms with van der Waals surface area (Å²) in [5.74, 6) is -1.06. The van der Waals surface area contributed by atoms with Crippen LogP contribution in [0.1, 0.15) is 15.9 Å². The second-order valence-electron chi connectivity index (χ2n) is 6.59. The average molecular weight is 438 g/mol. The summed E-state index contributed by atoms with van der Waals surface area (Å²) >= 11 is 0. The SMILES string of the molecule is Cc1ccccc1.NC(=O)CNC(=O)CNC(=O)c1ccc(ONCn2ccnc2)cc1. The average Bonchev–Trinajstić information content (AvgIpc) is 3.31. The third-order valence-corrected chi connectivity index (χ3v) is 3.92. The first-order valence-corrected chi connectivity index (χ1v) is 9.74. The van der Waals surface area contributed by atoms with E-state index in [1.807, 2.05) is 18.2 Å². The number of aromatic nitrogens is 2. The number of hydrogen-bond acceptors (Lipinski definition) is 6. The summed E-state index contributed by atoms with van der Waals surface area (Å²) in [4.78, 5) is 43.1. The van der Waals surface area contributed by atoms with Crippen molar-refractivity contribution in [2.45, 2.75) is 13.6 Å². The van der Waals surface area contributed by atoms with Gasteiger partial charge in [0.2, 0.25) is 11.8 Å². The molecule has 5 N–H and O–H groups in total. The molecule has 0 aliphatic heterocycles. The normalized spacial score (nSPS) is 9.78. The van der Waals surface area contributed by atoms with Gasteiger partial charge in [-0.3, -0.25) is 14.4 Å². The van der Waals surface area contributed by atoms with Gasteiger partial charge < -0.3 is 25.8 Å². The molecule has 3 amide bonds. The summed E-state index contributed by atoms with van der Waals surface area (Å²) in [6.45, 7) is 1.98. The second-order valence-corrected chi connectivity index (χ2v) is 6.59. The number of hydroxylamine groups is 1. The Morgan fingerprint density at radius 2 is 1.72 bits per heavy atom. The van der Waals surface area contributed by atoms with Gasteiger partial charge in [-0.1, -0.05) is 35.9 Å². The quantitative estimate of drug-likeness (QED) is 0.364. The predicted molar refractivity (Wildman–Crippen MR) is 118 cm³/mol. The predicted octanol–water partition coefficient (Wildman–Crippen LogP) is 0.751. The maximum absolute atomic E-state index is 11.9. The number of imidazole rings is 1. The zero-order chi connectivity index (χ0) is 23.2. The first-order valence-electron chi connectivity index (χ1n) is 9.74. The van der Waals surface area contributed by atoms with Crippen molar-refractivity contribution in [1.82, 2.24) is 25.7 Å². The molecule has 3 aromatic rings. The van der Waals surface area contributed by atoms with Crippen molar-refractivity contribution in [2.75, 3.05) is 13.1 Å². The lowest BCUT2D eigenvalue weighted by atomic mass is 10.2. The molecule has 0 atom stereocenters. The molecule has 1 heterocycles. The summed E-state index contributed by atoms with van der Waals surface area (Å²) in [6.07, 6.45) is 5.08. The van der Waals surface area contributed by atoms with Gasteiger partial charge in [0.1, 0.15) is 12.4 Å². The molecule has 1 aromatic heterocycles. The largest absolute Gasteiger partial charge is 0.407 e. The topological polar surface area (TPSA) is 140 Å². The van der Waals surface area contributed by atoms with E-state index in [0.717, 1.165) is 0 Å². The van der Waals surface area contributed by atoms with E-state index in [-0.39, 0.29) is 13.1 Å². The van der Waals surface area contributed by atoms with Crippen LogP contribution in [0.25, 0.3) is 0 Å². The number of primary amides is 1. The van der Waals surface area contributed by atoms with Crippen molar-refractivity contribution < 1.29 is 19.2 Å². The Morgan fingerprint density at radius 1 is 1.00 bits per heavy atom. The summed E-state index contributed by atoms with van der Waals surface area (Å²) in [5, 5.41) is 4.70. The van der Waals surface area contributed by atoms with Crippen LogP contribution in [0, 0.1) is 6.92 Å². The molecular formula is C22H26N6O4. The van der Waals surface area contributed by atoms with Gasteiger partial charge in [0.15, 0.2) is 0 Å². The van der Waals surface area contributed by atoms with E-state index in [9.17, 15) is 14.4 Å². The molecule has 2 aromatic carbocycles. The van der Waals surface area contributed by atoms with Crippen LogP contribution in [0.4, 0.5) is 0 Å². The van der Waals surface area contributed by atoms with Gasteiger partial charge in [-0.15, -0.1) is 5.48 Å². The zero-order valence-corrected chi connectivity index (χ0v) is 17.7. The van der Waals surface area contributed by atoms with Crippen LogP contribution in [0.15, 0.2) is 73.3 Å². The van der Waals surface area contributed by atoms with E-state index in [1.54, 1.807) is 47.6 Å². The van der Waals surface area contributed by atoms with Crippen molar-refractivity contribution in [2.24, 2.45) is 5.73 Å². The summed E-state index contributed by atoms with van der Waals surface area (Å²) in [7, 11) is 0. The molecule has 10 heteroatoms. The van der Waals surface area contributed by atoms with E-state index in [2.05, 4.69) is 40.2 Å². The maximum atomic E-state index is 11.9. The minimum Gasteiger partial charge on any atom is -0.407 e. The van der Waals surface area contributed by atoms with Gasteiger partial charge in [-0.2, -0.15) is 0 Å². The number of rotatable bonds is 9. The van der Waals surface area contributed by atoms with E-state index in [4.69, 9.17) is 10.6 Å². The first kappa shape index (κ1) is 24.1. The molecular weight excluding hydrogens is 412 g/mol. The summed E-state index contributed by atoms with van der Waals surface area (Å²) < 4.78 is 1.78. The molecule has 168 valence electrons. The molecule has 0 fully saturated rings. The minimum absolute atomic E-state index is 0.253. The van der Waals surface area contributed by atoms with Crippen LogP contribution in [0.2, 0.25) is 0 Å². The van der Waals surface area contributed by atoms with Crippen LogP contribution in [-0.4, -0.2) is 40.4 Å². The van der Waals surface area contributed by atoms with Gasteiger partial charge in [-0.05, 0) is 31.2 Å². The van der Waals surface area contributed by atoms with Crippen LogP contribution in [-0.2, 0) is 16.3 Å². The Hall–Kier alpha value is -4.18. The van der Waals surface area contributed by atoms with Gasteiger partial charge >= 0.3 is 0 Å². The molecule has 0 aliphatic carbocycles. The molecule has 0 bridgehead atoms. The van der Waals surface area contributed by atoms with Crippen LogP contribution in [0.5, 0.6) is 5.75 Å². The molecule has 0 spiro atoms. The van der Waals surface area contributed by atoms with Crippen molar-refractivity contribution in [3.05, 3.63) is 84.4 Å². The molecule has 0 saturated heterocycles. The fourth-order valence-corrected chi connectivity index (χ4v) is 2.29. The van der Waals surface area contributed by atoms with Gasteiger partial charge in [0.25, 0.3) is 5.91 Å². The molecule has 3 rings (SSSR count). The van der Waals surface area contributed by atoms with Crippen molar-refractivity contribution in [3.63, 3.8) is 0 Å². The first-order chi connectivity index (χ1) is 15.4. The van der Waals surface area contributed by atoms with E-state index >= 15 is 0 Å². The Balaban J connectivity index is 0.000000439. The number of amides is 3. The lowest BCUT2D eigenvalue weighted by molar-refractivity contribution is -0.124. The molecule has 0 radical (unpaired) electrons. The zero-order valence-electron chi connectivity index (χ0n) is 17.7. The Labute approximate surface area is 185 Å². The maximum Gasteiger partial charge on any atom is 0.251 e. The molecule has 32 heavy (non-hydrogen) atoms. The number of nitrogens with one attached hydrogen (secondary N) is 3. The highest BCUT2D eigenvalue weighted by molar-refractivity contribution is 5.96. The van der Waals surface area contributed by atoms with Gasteiger partial charge in [-0.25, -0.2) is 4.98 Å². The van der Waals surface area contributed by atoms with Gasteiger partial charge in [0.05, 0.1) is 19.4 Å². The van der Waals surface area contributed by atoms with Crippen molar-refractivity contribution in [1.29, 1.82) is 0 Å². The molecule has 0 aliphatic rings. The third kappa shape index (κ3) is 9.55. The van der Waals surface area contributed by atoms with Crippen LogP contribution >= 0.6 is 0 Å². The molecule has 10 nitrogen and oxygen atoms in total. The smallest absolute Gasteiger partial charge is 0.251 e. The summed E-state index contributed by atoms with van der Waals surface area (Å²) in [6, 6.07) is 16.6. The fourth-order valence-electron chi connectivity index (χ4n) is 2.29. The fraction of sp³-hybridized carbons (Fsp3) is 0.182. The number of aryl methyl sites for hydroxylation is 1. The number of carbonyl (C=O) groups excluding carboxylic acids is 3. The standard InChI is InChI=1S/C15H18N6O4.C7H8/c16-13(22)7-18-14(23)8-19-15(24)11-1-3-12(4-2-11)25-20-10-21-6-5-17-9-21;1-7-5-3-2-4-6-7/h1-6,9,20H,7-8,10H2,(H2,16,22)(H,18,23)(H,19,24);2-6H,1H3. The highest BCUT2D eigenvalue weighted by atomic mass is 16.6. The Kier molecular flexibility index (Phi) is 9.93. The van der Waals surface area contributed by atoms with Crippen molar-refractivity contribution >= 4 is 17.7 Å². The number of carbonyl (C=O) groups is 3. The minimum atomic E-state index is -0.656. The number of nitrogens with two attached hydrogens (primary N) is 1. The number of hydrogen-bond donors (Lipinski definition) is 4. The van der Waals surface area contributed by atoms with Crippen molar-refractivity contribution in [3.8, 4) is 5.75 Å². The van der Waals surface area contributed by atoms with E-state index in [1.165, 1.54) is 5.56 Å². The van der Waals surface area contributed by atoms with E-state index < -0.39 is 17.7 Å². The molecule has 0 unspecified atom stereocenters. The van der Waals surface area contributed by atoms with Crippen LogP contribution < -0.4 is 26.7 Å². The highest BCUT2D eigenvalue weighted by Crippen LogP contribution is 2.11. The third-order valence-electron chi connectivity index (χ3n) is 3.92.